The lowest BCUT2D eigenvalue weighted by molar-refractivity contribution is -0.151. The van der Waals surface area contributed by atoms with E-state index in [2.05, 4.69) is 88.4 Å². The molecule has 0 heterocycles. The van der Waals surface area contributed by atoms with Gasteiger partial charge in [-0.15, -0.1) is 0 Å². The predicted molar refractivity (Wildman–Crippen MR) is 250 cm³/mol. The molecule has 1 atom stereocenters. The molecule has 0 aromatic carbocycles. The van der Waals surface area contributed by atoms with Gasteiger partial charge in [0.1, 0.15) is 6.10 Å². The number of allylic oxidation sites excluding steroid dienone is 8. The number of nitrogens with zero attached hydrogens (tertiary/aromatic N) is 1. The van der Waals surface area contributed by atoms with Crippen molar-refractivity contribution in [3.8, 4) is 0 Å². The highest BCUT2D eigenvalue weighted by Gasteiger charge is 2.24. The van der Waals surface area contributed by atoms with Crippen molar-refractivity contribution in [3.63, 3.8) is 0 Å². The molecule has 342 valence electrons. The molecule has 0 amide bonds. The normalized spacial score (nSPS) is 12.9. The van der Waals surface area contributed by atoms with E-state index < -0.39 is 0 Å². The van der Waals surface area contributed by atoms with Crippen LogP contribution in [0.15, 0.2) is 48.6 Å². The number of hydrogen-bond donors (Lipinski definition) is 0. The molecule has 7 nitrogen and oxygen atoms in total. The van der Waals surface area contributed by atoms with Crippen LogP contribution in [0, 0.1) is 11.3 Å². The Labute approximate surface area is 364 Å². The monoisotopic (exact) mass is 828 g/mol. The Morgan fingerprint density at radius 3 is 1.29 bits per heavy atom. The van der Waals surface area contributed by atoms with Crippen LogP contribution in [0.4, 0.5) is 0 Å². The minimum absolute atomic E-state index is 0.00712. The van der Waals surface area contributed by atoms with Crippen LogP contribution in [0.3, 0.4) is 0 Å². The standard InChI is InChI=1S/C52H93NO6/c1-8-57-49(54)42-38-34-30-26-22-18-14-10-12-16-20-24-28-32-36-40-48(59-51(56)44-47(3)45-52(4,5)46-53(6)7)41-37-33-29-25-21-17-13-11-15-19-23-27-31-35-39-43-50(55)58-9-2/h10-11,14-15,22-23,26-27,47-48H,8-9,12-13,16-21,24-25,28-46H2,1-7H3/b14-10-,15-11-,26-22-,27-23-. The number of carbonyl (C=O) groups excluding carboxylic acids is 3. The van der Waals surface area contributed by atoms with Gasteiger partial charge in [-0.05, 0) is 148 Å². The summed E-state index contributed by atoms with van der Waals surface area (Å²) in [5.41, 5.74) is 0.174. The van der Waals surface area contributed by atoms with Gasteiger partial charge in [0.2, 0.25) is 0 Å². The second-order valence-electron chi connectivity index (χ2n) is 17.9. The van der Waals surface area contributed by atoms with Crippen LogP contribution in [0.1, 0.15) is 214 Å². The molecule has 0 saturated carbocycles. The second kappa shape index (κ2) is 40.7. The summed E-state index contributed by atoms with van der Waals surface area (Å²) in [5.74, 6) is 0.143. The number of ether oxygens (including phenoxy) is 3. The maximum atomic E-state index is 13.1. The maximum Gasteiger partial charge on any atom is 0.306 e. The van der Waals surface area contributed by atoms with Gasteiger partial charge in [-0.2, -0.15) is 0 Å². The molecule has 0 aromatic rings. The lowest BCUT2D eigenvalue weighted by Crippen LogP contribution is -2.31. The van der Waals surface area contributed by atoms with Crippen LogP contribution in [0.5, 0.6) is 0 Å². The van der Waals surface area contributed by atoms with Crippen molar-refractivity contribution in [3.05, 3.63) is 48.6 Å². The first-order valence-electron chi connectivity index (χ1n) is 24.2. The van der Waals surface area contributed by atoms with E-state index in [1.165, 1.54) is 64.2 Å². The van der Waals surface area contributed by atoms with E-state index in [4.69, 9.17) is 14.2 Å². The molecule has 59 heavy (non-hydrogen) atoms. The van der Waals surface area contributed by atoms with E-state index in [1.807, 2.05) is 13.8 Å². The Hall–Kier alpha value is -2.67. The molecule has 0 aromatic heterocycles. The van der Waals surface area contributed by atoms with Crippen molar-refractivity contribution in [2.75, 3.05) is 33.9 Å². The van der Waals surface area contributed by atoms with E-state index in [9.17, 15) is 14.4 Å². The zero-order valence-electron chi connectivity index (χ0n) is 39.6. The smallest absolute Gasteiger partial charge is 0.306 e. The van der Waals surface area contributed by atoms with Crippen molar-refractivity contribution in [2.24, 2.45) is 11.3 Å². The van der Waals surface area contributed by atoms with E-state index in [0.29, 0.717) is 38.4 Å². The first kappa shape index (κ1) is 56.3. The van der Waals surface area contributed by atoms with Crippen molar-refractivity contribution < 1.29 is 28.6 Å². The second-order valence-corrected chi connectivity index (χ2v) is 17.9. The fourth-order valence-electron chi connectivity index (χ4n) is 7.94. The quantitative estimate of drug-likeness (QED) is 0.0263. The Bertz CT molecular complexity index is 1060. The van der Waals surface area contributed by atoms with E-state index in [1.54, 1.807) is 0 Å². The molecule has 0 fully saturated rings. The molecule has 0 rings (SSSR count). The lowest BCUT2D eigenvalue weighted by Gasteiger charge is -2.31. The summed E-state index contributed by atoms with van der Waals surface area (Å²) >= 11 is 0. The summed E-state index contributed by atoms with van der Waals surface area (Å²) in [6.07, 6.45) is 47.7. The van der Waals surface area contributed by atoms with Gasteiger partial charge in [0, 0.05) is 25.8 Å². The van der Waals surface area contributed by atoms with Crippen molar-refractivity contribution >= 4 is 17.9 Å². The Kier molecular flexibility index (Phi) is 38.9. The molecule has 1 unspecified atom stereocenters. The first-order chi connectivity index (χ1) is 28.5. The SMILES string of the molecule is CCOC(=O)CCCC/C=C\C/C=C\CCCCCCCCC(CCCCCCCC/C=C\C/C=C\CCCCC(=O)OCC)OC(=O)CC(C)CC(C)(C)CN(C)C. The predicted octanol–water partition coefficient (Wildman–Crippen LogP) is 14.4. The minimum atomic E-state index is -0.0828. The third-order valence-electron chi connectivity index (χ3n) is 10.6. The van der Waals surface area contributed by atoms with Gasteiger partial charge in [-0.3, -0.25) is 14.4 Å². The van der Waals surface area contributed by atoms with E-state index >= 15 is 0 Å². The number of hydrogen-bond acceptors (Lipinski definition) is 7. The average molecular weight is 828 g/mol. The fourth-order valence-corrected chi connectivity index (χ4v) is 7.94. The Balaban J connectivity index is 4.33. The van der Waals surface area contributed by atoms with Crippen molar-refractivity contribution in [2.45, 2.75) is 221 Å². The summed E-state index contributed by atoms with van der Waals surface area (Å²) < 4.78 is 16.1. The van der Waals surface area contributed by atoms with E-state index in [0.717, 1.165) is 103 Å². The Morgan fingerprint density at radius 2 is 0.898 bits per heavy atom. The number of rotatable bonds is 41. The zero-order chi connectivity index (χ0) is 43.7. The van der Waals surface area contributed by atoms with Gasteiger partial charge in [0.15, 0.2) is 0 Å². The van der Waals surface area contributed by atoms with Gasteiger partial charge in [-0.25, -0.2) is 0 Å². The van der Waals surface area contributed by atoms with Gasteiger partial charge in [-0.1, -0.05) is 121 Å². The summed E-state index contributed by atoms with van der Waals surface area (Å²) in [6, 6.07) is 0. The first-order valence-corrected chi connectivity index (χ1v) is 24.2. The average Bonchev–Trinajstić information content (AvgIpc) is 3.16. The van der Waals surface area contributed by atoms with Crippen LogP contribution in [-0.2, 0) is 28.6 Å². The van der Waals surface area contributed by atoms with E-state index in [-0.39, 0.29) is 29.4 Å². The minimum Gasteiger partial charge on any atom is -0.466 e. The molecule has 0 bridgehead atoms. The molecule has 7 heteroatoms. The van der Waals surface area contributed by atoms with Crippen molar-refractivity contribution in [1.29, 1.82) is 0 Å². The van der Waals surface area contributed by atoms with Crippen LogP contribution < -0.4 is 0 Å². The number of carbonyl (C=O) groups is 3. The molecule has 0 saturated heterocycles. The van der Waals surface area contributed by atoms with Gasteiger partial charge < -0.3 is 19.1 Å². The number of unbranched alkanes of at least 4 members (excludes halogenated alkanes) is 16. The van der Waals surface area contributed by atoms with Crippen LogP contribution in [0.2, 0.25) is 0 Å². The molecular weight excluding hydrogens is 735 g/mol. The summed E-state index contributed by atoms with van der Waals surface area (Å²) in [4.78, 5) is 38.1. The molecule has 0 spiro atoms. The maximum absolute atomic E-state index is 13.1. The van der Waals surface area contributed by atoms with Crippen LogP contribution in [-0.4, -0.2) is 62.8 Å². The molecular formula is C52H93NO6. The topological polar surface area (TPSA) is 82.1 Å². The fraction of sp³-hybridized carbons (Fsp3) is 0.788. The summed E-state index contributed by atoms with van der Waals surface area (Å²) in [5, 5.41) is 0. The highest BCUT2D eigenvalue weighted by molar-refractivity contribution is 5.70. The molecule has 0 aliphatic rings. The lowest BCUT2D eigenvalue weighted by atomic mass is 9.82. The highest BCUT2D eigenvalue weighted by atomic mass is 16.5. The highest BCUT2D eigenvalue weighted by Crippen LogP contribution is 2.28. The molecule has 0 aliphatic heterocycles. The van der Waals surface area contributed by atoms with Gasteiger partial charge in [0.05, 0.1) is 13.2 Å². The van der Waals surface area contributed by atoms with Crippen LogP contribution in [0.25, 0.3) is 0 Å². The van der Waals surface area contributed by atoms with Gasteiger partial charge in [0.25, 0.3) is 0 Å². The largest absolute Gasteiger partial charge is 0.466 e. The molecule has 0 N–H and O–H groups in total. The third kappa shape index (κ3) is 41.8. The Morgan fingerprint density at radius 1 is 0.525 bits per heavy atom. The third-order valence-corrected chi connectivity index (χ3v) is 10.6. The molecule has 0 aliphatic carbocycles. The summed E-state index contributed by atoms with van der Waals surface area (Å²) in [6.45, 7) is 12.4. The van der Waals surface area contributed by atoms with Gasteiger partial charge >= 0.3 is 17.9 Å². The zero-order valence-corrected chi connectivity index (χ0v) is 39.6. The molecule has 0 radical (unpaired) electrons. The van der Waals surface area contributed by atoms with Crippen LogP contribution >= 0.6 is 0 Å². The van der Waals surface area contributed by atoms with Crippen molar-refractivity contribution in [1.82, 2.24) is 4.90 Å². The summed E-state index contributed by atoms with van der Waals surface area (Å²) in [7, 11) is 4.24. The number of esters is 3.